The summed E-state index contributed by atoms with van der Waals surface area (Å²) in [6, 6.07) is 15.0. The van der Waals surface area contributed by atoms with E-state index in [0.717, 1.165) is 0 Å². The van der Waals surface area contributed by atoms with Crippen LogP contribution in [0.2, 0.25) is 0 Å². The second kappa shape index (κ2) is 8.71. The van der Waals surface area contributed by atoms with E-state index in [1.54, 1.807) is 48.5 Å². The second-order valence-corrected chi connectivity index (χ2v) is 6.91. The summed E-state index contributed by atoms with van der Waals surface area (Å²) in [5.41, 5.74) is 7.47. The maximum atomic E-state index is 12.8. The van der Waals surface area contributed by atoms with E-state index >= 15 is 0 Å². The molecule has 1 aliphatic heterocycles. The van der Waals surface area contributed by atoms with Gasteiger partial charge in [-0.15, -0.1) is 0 Å². The number of nitrogens with zero attached hydrogens (tertiary/aromatic N) is 3. The second-order valence-electron chi connectivity index (χ2n) is 6.91. The zero-order valence-corrected chi connectivity index (χ0v) is 15.3. The van der Waals surface area contributed by atoms with Crippen LogP contribution >= 0.6 is 0 Å². The maximum Gasteiger partial charge on any atom is 0.197 e. The number of aliphatic hydroxyl groups excluding tert-OH is 3. The van der Waals surface area contributed by atoms with Gasteiger partial charge >= 0.3 is 0 Å². The van der Waals surface area contributed by atoms with Crippen LogP contribution in [0, 0.1) is 0 Å². The van der Waals surface area contributed by atoms with Crippen molar-refractivity contribution >= 4 is 5.78 Å². The van der Waals surface area contributed by atoms with Crippen molar-refractivity contribution in [1.82, 2.24) is 0 Å². The number of rotatable bonds is 6. The molecular formula is C20H21N3O6. The lowest BCUT2D eigenvalue weighted by Crippen LogP contribution is -2.68. The van der Waals surface area contributed by atoms with Gasteiger partial charge in [-0.1, -0.05) is 65.8 Å². The number of hydrogen-bond acceptors (Lipinski definition) is 7. The van der Waals surface area contributed by atoms with E-state index in [4.69, 9.17) is 10.3 Å². The van der Waals surface area contributed by atoms with E-state index in [9.17, 15) is 25.2 Å². The smallest absolute Gasteiger partial charge is 0.197 e. The van der Waals surface area contributed by atoms with Gasteiger partial charge in [-0.3, -0.25) is 4.79 Å². The van der Waals surface area contributed by atoms with Gasteiger partial charge in [-0.25, -0.2) is 0 Å². The van der Waals surface area contributed by atoms with Crippen molar-refractivity contribution in [3.63, 3.8) is 0 Å². The first-order chi connectivity index (χ1) is 13.9. The number of Topliss-reactive ketones (excluding diaryl/α,β-unsaturated/α-hetero) is 1. The lowest BCUT2D eigenvalue weighted by molar-refractivity contribution is -0.271. The van der Waals surface area contributed by atoms with Gasteiger partial charge < -0.3 is 25.2 Å². The van der Waals surface area contributed by atoms with Crippen molar-refractivity contribution in [2.24, 2.45) is 5.11 Å². The summed E-state index contributed by atoms with van der Waals surface area (Å²) in [6.45, 7) is 0. The Kier molecular flexibility index (Phi) is 6.29. The zero-order chi connectivity index (χ0) is 21.0. The molecule has 0 spiro atoms. The third-order valence-corrected chi connectivity index (χ3v) is 5.04. The fraction of sp³-hybridized carbons (Fsp3) is 0.350. The van der Waals surface area contributed by atoms with Crippen molar-refractivity contribution in [2.75, 3.05) is 0 Å². The molecule has 1 aliphatic rings. The number of ketones is 1. The Labute approximate surface area is 166 Å². The highest BCUT2D eigenvalue weighted by molar-refractivity contribution is 5.89. The van der Waals surface area contributed by atoms with E-state index in [1.165, 1.54) is 12.1 Å². The first kappa shape index (κ1) is 20.9. The fourth-order valence-electron chi connectivity index (χ4n) is 3.51. The largest absolute Gasteiger partial charge is 0.387 e. The summed E-state index contributed by atoms with van der Waals surface area (Å²) in [7, 11) is 0. The van der Waals surface area contributed by atoms with Crippen molar-refractivity contribution in [3.05, 3.63) is 82.2 Å². The van der Waals surface area contributed by atoms with E-state index in [-0.39, 0.29) is 12.0 Å². The molecule has 9 heteroatoms. The van der Waals surface area contributed by atoms with Crippen LogP contribution in [0.15, 0.2) is 65.8 Å². The summed E-state index contributed by atoms with van der Waals surface area (Å²) >= 11 is 0. The number of benzene rings is 2. The average molecular weight is 399 g/mol. The van der Waals surface area contributed by atoms with Crippen LogP contribution in [0.4, 0.5) is 0 Å². The van der Waals surface area contributed by atoms with Gasteiger partial charge in [0.1, 0.15) is 23.9 Å². The molecule has 9 nitrogen and oxygen atoms in total. The molecule has 0 saturated carbocycles. The summed E-state index contributed by atoms with van der Waals surface area (Å²) in [4.78, 5) is 15.4. The van der Waals surface area contributed by atoms with Gasteiger partial charge in [0.25, 0.3) is 0 Å². The van der Waals surface area contributed by atoms with Crippen LogP contribution in [0.5, 0.6) is 0 Å². The minimum Gasteiger partial charge on any atom is -0.387 e. The lowest BCUT2D eigenvalue weighted by Gasteiger charge is -2.47. The third-order valence-electron chi connectivity index (χ3n) is 5.04. The van der Waals surface area contributed by atoms with E-state index in [2.05, 4.69) is 10.0 Å². The zero-order valence-electron chi connectivity index (χ0n) is 15.3. The minimum absolute atomic E-state index is 0.218. The van der Waals surface area contributed by atoms with Crippen LogP contribution in [0.3, 0.4) is 0 Å². The van der Waals surface area contributed by atoms with E-state index < -0.39 is 42.0 Å². The molecule has 29 heavy (non-hydrogen) atoms. The molecule has 1 unspecified atom stereocenters. The molecule has 2 aromatic carbocycles. The molecule has 1 heterocycles. The van der Waals surface area contributed by atoms with Crippen LogP contribution in [0.25, 0.3) is 10.4 Å². The number of aliphatic hydroxyl groups is 4. The lowest BCUT2D eigenvalue weighted by atomic mass is 9.76. The molecule has 3 rings (SSSR count). The van der Waals surface area contributed by atoms with Crippen LogP contribution < -0.4 is 0 Å². The first-order valence-corrected chi connectivity index (χ1v) is 8.97. The molecule has 0 amide bonds. The SMILES string of the molecule is [N-]=[N+]=N[C@@H]1[C@@H](O)O[C@H](C(=O)C(O)c2ccccc2)[C@@H](O)[C@@]1(O)Cc1ccccc1. The molecular weight excluding hydrogens is 378 g/mol. The highest BCUT2D eigenvalue weighted by Gasteiger charge is 2.57. The van der Waals surface area contributed by atoms with E-state index in [1.807, 2.05) is 0 Å². The summed E-state index contributed by atoms with van der Waals surface area (Å²) in [5.74, 6) is -0.936. The fourth-order valence-corrected chi connectivity index (χ4v) is 3.51. The quantitative estimate of drug-likeness (QED) is 0.323. The molecule has 1 fully saturated rings. The van der Waals surface area contributed by atoms with E-state index in [0.29, 0.717) is 5.56 Å². The van der Waals surface area contributed by atoms with Gasteiger partial charge in [-0.2, -0.15) is 0 Å². The number of carbonyl (C=O) groups is 1. The molecule has 0 radical (unpaired) electrons. The summed E-state index contributed by atoms with van der Waals surface area (Å²) in [5, 5.41) is 46.1. The Morgan fingerprint density at radius 1 is 1.14 bits per heavy atom. The summed E-state index contributed by atoms with van der Waals surface area (Å²) < 4.78 is 5.17. The van der Waals surface area contributed by atoms with Crippen molar-refractivity contribution in [1.29, 1.82) is 0 Å². The topological polar surface area (TPSA) is 156 Å². The van der Waals surface area contributed by atoms with Crippen LogP contribution in [0.1, 0.15) is 17.2 Å². The molecule has 2 aromatic rings. The van der Waals surface area contributed by atoms with Gasteiger partial charge in [0.15, 0.2) is 18.2 Å². The Balaban J connectivity index is 1.94. The summed E-state index contributed by atoms with van der Waals surface area (Å²) in [6.07, 6.45) is -7.32. The number of ether oxygens (including phenoxy) is 1. The van der Waals surface area contributed by atoms with Gasteiger partial charge in [0, 0.05) is 11.3 Å². The van der Waals surface area contributed by atoms with Crippen LogP contribution in [-0.4, -0.2) is 56.4 Å². The van der Waals surface area contributed by atoms with Crippen molar-refractivity contribution in [2.45, 2.75) is 42.7 Å². The molecule has 0 bridgehead atoms. The molecule has 6 atom stereocenters. The Hall–Kier alpha value is -2.78. The predicted molar refractivity (Wildman–Crippen MR) is 101 cm³/mol. The van der Waals surface area contributed by atoms with Gasteiger partial charge in [-0.05, 0) is 16.7 Å². The van der Waals surface area contributed by atoms with Gasteiger partial charge in [0.2, 0.25) is 0 Å². The maximum absolute atomic E-state index is 12.8. The van der Waals surface area contributed by atoms with Gasteiger partial charge in [0.05, 0.1) is 0 Å². The normalized spacial score (nSPS) is 30.2. The molecule has 152 valence electrons. The standard InChI is InChI=1S/C20H21N3O6/c21-23-22-17-19(27)29-16(15(25)14(24)13-9-5-2-6-10-13)18(26)20(17,28)11-12-7-3-1-4-8-12/h1-10,14,16-19,24,26-28H,11H2/t14?,16-,17-,18-,19+,20-/m1/s1. The predicted octanol–water partition coefficient (Wildman–Crippen LogP) is 1.02. The third kappa shape index (κ3) is 4.15. The highest BCUT2D eigenvalue weighted by Crippen LogP contribution is 2.36. The Bertz CT molecular complexity index is 890. The van der Waals surface area contributed by atoms with Crippen LogP contribution in [-0.2, 0) is 16.0 Å². The molecule has 1 saturated heterocycles. The molecule has 0 aliphatic carbocycles. The van der Waals surface area contributed by atoms with Crippen molar-refractivity contribution in [3.8, 4) is 0 Å². The highest BCUT2D eigenvalue weighted by atomic mass is 16.6. The Morgan fingerprint density at radius 3 is 2.31 bits per heavy atom. The number of carbonyl (C=O) groups excluding carboxylic acids is 1. The average Bonchev–Trinajstić information content (AvgIpc) is 2.74. The Morgan fingerprint density at radius 2 is 1.72 bits per heavy atom. The van der Waals surface area contributed by atoms with Crippen molar-refractivity contribution < 1.29 is 30.0 Å². The molecule has 4 N–H and O–H groups in total. The minimum atomic E-state index is -2.21. The number of hydrogen-bond donors (Lipinski definition) is 4. The number of azide groups is 1. The monoisotopic (exact) mass is 399 g/mol. The first-order valence-electron chi connectivity index (χ1n) is 8.97. The molecule has 0 aromatic heterocycles.